The molecule has 0 atom stereocenters. The van der Waals surface area contributed by atoms with E-state index >= 15 is 0 Å². The van der Waals surface area contributed by atoms with E-state index in [-0.39, 0.29) is 23.3 Å². The lowest BCUT2D eigenvalue weighted by Crippen LogP contribution is -2.58. The van der Waals surface area contributed by atoms with Crippen molar-refractivity contribution in [2.75, 3.05) is 0 Å². The van der Waals surface area contributed by atoms with Crippen LogP contribution in [-0.2, 0) is 19.2 Å². The van der Waals surface area contributed by atoms with Crippen molar-refractivity contribution in [2.24, 2.45) is 22.2 Å². The predicted molar refractivity (Wildman–Crippen MR) is 96.5 cm³/mol. The van der Waals surface area contributed by atoms with Gasteiger partial charge in [0.1, 0.15) is 12.1 Å². The Kier molecular flexibility index (Phi) is 4.44. The number of aldehydes is 1. The van der Waals surface area contributed by atoms with Gasteiger partial charge < -0.3 is 4.79 Å². The molecule has 0 aromatic rings. The molecule has 0 amide bonds. The molecule has 4 heteroatoms. The highest BCUT2D eigenvalue weighted by Crippen LogP contribution is 2.57. The van der Waals surface area contributed by atoms with Gasteiger partial charge in [-0.15, -0.1) is 0 Å². The van der Waals surface area contributed by atoms with Crippen LogP contribution in [-0.4, -0.2) is 23.6 Å². The van der Waals surface area contributed by atoms with Gasteiger partial charge in [0.25, 0.3) is 0 Å². The maximum absolute atomic E-state index is 13.8. The van der Waals surface area contributed by atoms with E-state index in [9.17, 15) is 19.2 Å². The summed E-state index contributed by atoms with van der Waals surface area (Å²) in [5.41, 5.74) is -2.95. The predicted octanol–water partition coefficient (Wildman–Crippen LogP) is 3.98. The first-order valence-electron chi connectivity index (χ1n) is 10.6. The topological polar surface area (TPSA) is 68.3 Å². The summed E-state index contributed by atoms with van der Waals surface area (Å²) >= 11 is 0. The van der Waals surface area contributed by atoms with E-state index < -0.39 is 16.2 Å². The lowest BCUT2D eigenvalue weighted by molar-refractivity contribution is -0.161. The first-order chi connectivity index (χ1) is 12.5. The maximum atomic E-state index is 13.8. The van der Waals surface area contributed by atoms with Gasteiger partial charge in [0.15, 0.2) is 11.6 Å². The fourth-order valence-electron chi connectivity index (χ4n) is 5.90. The molecule has 0 bridgehead atoms. The van der Waals surface area contributed by atoms with Crippen molar-refractivity contribution < 1.29 is 19.2 Å². The smallest absolute Gasteiger partial charge is 0.159 e. The molecular formula is C22H30O4. The average molecular weight is 358 g/mol. The Morgan fingerprint density at radius 2 is 1.19 bits per heavy atom. The van der Waals surface area contributed by atoms with Crippen LogP contribution >= 0.6 is 0 Å². The minimum absolute atomic E-state index is 0.0440. The minimum atomic E-state index is -1.07. The second-order valence-corrected chi connectivity index (χ2v) is 9.36. The molecule has 26 heavy (non-hydrogen) atoms. The summed E-state index contributed by atoms with van der Waals surface area (Å²) in [7, 11) is 0. The molecule has 0 unspecified atom stereocenters. The Bertz CT molecular complexity index is 627. The van der Waals surface area contributed by atoms with Crippen LogP contribution in [0.5, 0.6) is 0 Å². The van der Waals surface area contributed by atoms with Crippen molar-refractivity contribution in [3.8, 4) is 0 Å². The third-order valence-electron chi connectivity index (χ3n) is 7.81. The third-order valence-corrected chi connectivity index (χ3v) is 7.81. The summed E-state index contributed by atoms with van der Waals surface area (Å²) < 4.78 is 0. The molecule has 0 heterocycles. The van der Waals surface area contributed by atoms with E-state index in [1.165, 1.54) is 0 Å². The Hall–Kier alpha value is -1.32. The Labute approximate surface area is 155 Å². The van der Waals surface area contributed by atoms with Gasteiger partial charge in [0.2, 0.25) is 0 Å². The number of Topliss-reactive ketones (excluding diaryl/α,β-unsaturated/α-hetero) is 3. The molecule has 4 nitrogen and oxygen atoms in total. The van der Waals surface area contributed by atoms with Gasteiger partial charge in [-0.1, -0.05) is 38.5 Å². The van der Waals surface area contributed by atoms with E-state index in [2.05, 4.69) is 0 Å². The molecule has 4 aliphatic carbocycles. The normalized spacial score (nSPS) is 28.8. The van der Waals surface area contributed by atoms with Gasteiger partial charge in [0, 0.05) is 5.92 Å². The molecule has 4 rings (SSSR count). The van der Waals surface area contributed by atoms with Gasteiger partial charge >= 0.3 is 0 Å². The third kappa shape index (κ3) is 2.47. The van der Waals surface area contributed by atoms with Gasteiger partial charge in [0.05, 0.1) is 16.2 Å². The van der Waals surface area contributed by atoms with E-state index in [1.807, 2.05) is 0 Å². The van der Waals surface area contributed by atoms with Crippen molar-refractivity contribution in [3.63, 3.8) is 0 Å². The Morgan fingerprint density at radius 1 is 0.654 bits per heavy atom. The summed E-state index contributed by atoms with van der Waals surface area (Å²) in [6.07, 6.45) is 11.5. The van der Waals surface area contributed by atoms with Crippen LogP contribution < -0.4 is 0 Å². The van der Waals surface area contributed by atoms with Crippen LogP contribution in [0.4, 0.5) is 0 Å². The molecule has 142 valence electrons. The Balaban J connectivity index is 1.70. The molecule has 0 aliphatic heterocycles. The molecule has 4 aliphatic rings. The summed E-state index contributed by atoms with van der Waals surface area (Å²) in [5, 5.41) is 0. The van der Waals surface area contributed by atoms with Crippen molar-refractivity contribution in [2.45, 2.75) is 89.9 Å². The number of hydrogen-bond acceptors (Lipinski definition) is 4. The Morgan fingerprint density at radius 3 is 1.65 bits per heavy atom. The number of carbonyl (C=O) groups excluding carboxylic acids is 4. The van der Waals surface area contributed by atoms with Gasteiger partial charge in [-0.2, -0.15) is 0 Å². The molecule has 4 saturated carbocycles. The molecule has 0 aromatic heterocycles. The zero-order chi connectivity index (χ0) is 18.4. The summed E-state index contributed by atoms with van der Waals surface area (Å²) in [6, 6.07) is 0. The van der Waals surface area contributed by atoms with Crippen LogP contribution in [0.25, 0.3) is 0 Å². The van der Waals surface area contributed by atoms with Crippen molar-refractivity contribution in [1.29, 1.82) is 0 Å². The first-order valence-corrected chi connectivity index (χ1v) is 10.6. The van der Waals surface area contributed by atoms with Crippen LogP contribution in [0.15, 0.2) is 0 Å². The van der Waals surface area contributed by atoms with E-state index in [4.69, 9.17) is 0 Å². The lowest BCUT2D eigenvalue weighted by Gasteiger charge is -2.46. The van der Waals surface area contributed by atoms with Crippen LogP contribution in [0, 0.1) is 22.2 Å². The number of hydrogen-bond donors (Lipinski definition) is 0. The van der Waals surface area contributed by atoms with Crippen molar-refractivity contribution in [3.05, 3.63) is 0 Å². The van der Waals surface area contributed by atoms with Gasteiger partial charge in [-0.3, -0.25) is 14.4 Å². The largest absolute Gasteiger partial charge is 0.302 e. The highest BCUT2D eigenvalue weighted by atomic mass is 16.2. The minimum Gasteiger partial charge on any atom is -0.302 e. The highest BCUT2D eigenvalue weighted by molar-refractivity contribution is 6.22. The molecule has 0 aromatic carbocycles. The summed E-state index contributed by atoms with van der Waals surface area (Å²) in [6.45, 7) is 0. The molecular weight excluding hydrogens is 328 g/mol. The molecule has 0 spiro atoms. The van der Waals surface area contributed by atoms with Crippen LogP contribution in [0.1, 0.15) is 89.9 Å². The zero-order valence-electron chi connectivity index (χ0n) is 15.7. The number of rotatable bonds is 7. The van der Waals surface area contributed by atoms with Gasteiger partial charge in [-0.05, 0) is 51.4 Å². The monoisotopic (exact) mass is 358 g/mol. The number of carbonyl (C=O) groups is 4. The van der Waals surface area contributed by atoms with Crippen LogP contribution in [0.2, 0.25) is 0 Å². The average Bonchev–Trinajstić information content (AvgIpc) is 3.37. The SMILES string of the molecule is O=CC1(C(=O)C2(C(=O)C3(C(=O)C4CC4)CCC3)CCCC2)CCCCC1. The van der Waals surface area contributed by atoms with E-state index in [0.717, 1.165) is 57.7 Å². The standard InChI is InChI=1S/C22H30O4/c23-15-20(9-2-1-3-10-20)18(25)22(11-4-5-12-22)19(26)21(13-6-14-21)17(24)16-7-8-16/h15-16H,1-14H2. The summed E-state index contributed by atoms with van der Waals surface area (Å²) in [5.74, 6) is -0.0707. The van der Waals surface area contributed by atoms with Crippen molar-refractivity contribution in [1.82, 2.24) is 0 Å². The quantitative estimate of drug-likeness (QED) is 0.510. The van der Waals surface area contributed by atoms with Gasteiger partial charge in [-0.25, -0.2) is 0 Å². The lowest BCUT2D eigenvalue weighted by atomic mass is 9.52. The second-order valence-electron chi connectivity index (χ2n) is 9.36. The van der Waals surface area contributed by atoms with E-state index in [0.29, 0.717) is 38.5 Å². The van der Waals surface area contributed by atoms with E-state index in [1.54, 1.807) is 0 Å². The number of ketones is 3. The molecule has 0 saturated heterocycles. The van der Waals surface area contributed by atoms with Crippen LogP contribution in [0.3, 0.4) is 0 Å². The molecule has 0 radical (unpaired) electrons. The highest BCUT2D eigenvalue weighted by Gasteiger charge is 2.64. The molecule has 0 N–H and O–H groups in total. The second kappa shape index (κ2) is 6.38. The molecule has 4 fully saturated rings. The fourth-order valence-corrected chi connectivity index (χ4v) is 5.90. The van der Waals surface area contributed by atoms with Crippen molar-refractivity contribution >= 4 is 23.6 Å². The first kappa shape index (κ1) is 18.1. The maximum Gasteiger partial charge on any atom is 0.159 e. The summed E-state index contributed by atoms with van der Waals surface area (Å²) in [4.78, 5) is 52.6. The zero-order valence-corrected chi connectivity index (χ0v) is 15.7. The fraction of sp³-hybridized carbons (Fsp3) is 0.818.